The molecule has 1 heterocycles. The fourth-order valence-corrected chi connectivity index (χ4v) is 2.87. The fraction of sp³-hybridized carbons (Fsp3) is 0.643. The standard InChI is InChI=1S/C14H23ClN4/c1-18(2)14(7-4-8-14)10-19(3)13-6-5-11(15)12(9-16)17-13/h5-6H,4,7-10,16H2,1-3H3. The molecule has 2 N–H and O–H groups in total. The van der Waals surface area contributed by atoms with Crippen molar-refractivity contribution >= 4 is 17.4 Å². The number of hydrogen-bond donors (Lipinski definition) is 1. The van der Waals surface area contributed by atoms with Gasteiger partial charge in [0.1, 0.15) is 5.82 Å². The topological polar surface area (TPSA) is 45.4 Å². The highest BCUT2D eigenvalue weighted by Crippen LogP contribution is 2.37. The van der Waals surface area contributed by atoms with Gasteiger partial charge in [0, 0.05) is 25.7 Å². The molecule has 1 aromatic heterocycles. The van der Waals surface area contributed by atoms with Crippen LogP contribution in [0.3, 0.4) is 0 Å². The van der Waals surface area contributed by atoms with Crippen LogP contribution < -0.4 is 10.6 Å². The van der Waals surface area contributed by atoms with Crippen LogP contribution in [0.15, 0.2) is 12.1 Å². The maximum absolute atomic E-state index is 6.05. The van der Waals surface area contributed by atoms with Crippen molar-refractivity contribution in [3.63, 3.8) is 0 Å². The summed E-state index contributed by atoms with van der Waals surface area (Å²) in [7, 11) is 6.40. The molecule has 0 bridgehead atoms. The Kier molecular flexibility index (Phi) is 4.33. The van der Waals surface area contributed by atoms with Crippen molar-refractivity contribution in [1.82, 2.24) is 9.88 Å². The Labute approximate surface area is 120 Å². The highest BCUT2D eigenvalue weighted by atomic mass is 35.5. The average Bonchev–Trinajstić information content (AvgIpc) is 2.33. The van der Waals surface area contributed by atoms with Gasteiger partial charge in [0.25, 0.3) is 0 Å². The number of halogens is 1. The number of likely N-dealkylation sites (N-methyl/N-ethyl adjacent to an activating group) is 2. The van der Waals surface area contributed by atoms with Gasteiger partial charge < -0.3 is 15.5 Å². The molecule has 0 saturated heterocycles. The number of anilines is 1. The maximum atomic E-state index is 6.05. The van der Waals surface area contributed by atoms with Gasteiger partial charge in [-0.1, -0.05) is 11.6 Å². The van der Waals surface area contributed by atoms with Crippen LogP contribution in [0.5, 0.6) is 0 Å². The third-order valence-corrected chi connectivity index (χ3v) is 4.60. The van der Waals surface area contributed by atoms with E-state index in [0.29, 0.717) is 17.1 Å². The molecule has 4 nitrogen and oxygen atoms in total. The lowest BCUT2D eigenvalue weighted by Crippen LogP contribution is -2.56. The first kappa shape index (κ1) is 14.6. The van der Waals surface area contributed by atoms with Crippen molar-refractivity contribution in [1.29, 1.82) is 0 Å². The lowest BCUT2D eigenvalue weighted by atomic mass is 9.75. The largest absolute Gasteiger partial charge is 0.358 e. The maximum Gasteiger partial charge on any atom is 0.128 e. The van der Waals surface area contributed by atoms with Gasteiger partial charge in [0.15, 0.2) is 0 Å². The minimum absolute atomic E-state index is 0.291. The molecule has 0 atom stereocenters. The van der Waals surface area contributed by atoms with Crippen molar-refractivity contribution in [2.75, 3.05) is 32.6 Å². The molecule has 1 aliphatic rings. The lowest BCUT2D eigenvalue weighted by Gasteiger charge is -2.49. The van der Waals surface area contributed by atoms with E-state index in [1.807, 2.05) is 12.1 Å². The summed E-state index contributed by atoms with van der Waals surface area (Å²) in [5, 5.41) is 0.644. The molecule has 0 unspecified atom stereocenters. The molecule has 1 aliphatic carbocycles. The first-order chi connectivity index (χ1) is 8.98. The van der Waals surface area contributed by atoms with E-state index in [1.54, 1.807) is 0 Å². The third kappa shape index (κ3) is 2.86. The van der Waals surface area contributed by atoms with E-state index in [9.17, 15) is 0 Å². The zero-order valence-electron chi connectivity index (χ0n) is 12.0. The minimum atomic E-state index is 0.291. The van der Waals surface area contributed by atoms with E-state index in [4.69, 9.17) is 17.3 Å². The Morgan fingerprint density at radius 3 is 2.47 bits per heavy atom. The molecule has 5 heteroatoms. The summed E-state index contributed by atoms with van der Waals surface area (Å²) >= 11 is 6.05. The highest BCUT2D eigenvalue weighted by Gasteiger charge is 2.40. The van der Waals surface area contributed by atoms with Gasteiger partial charge in [-0.2, -0.15) is 0 Å². The third-order valence-electron chi connectivity index (χ3n) is 4.25. The van der Waals surface area contributed by atoms with E-state index in [1.165, 1.54) is 19.3 Å². The lowest BCUT2D eigenvalue weighted by molar-refractivity contribution is 0.0682. The molecule has 1 fully saturated rings. The molecule has 0 radical (unpaired) electrons. The van der Waals surface area contributed by atoms with Gasteiger partial charge in [0.05, 0.1) is 10.7 Å². The van der Waals surface area contributed by atoms with Crippen LogP contribution in [0.25, 0.3) is 0 Å². The number of aromatic nitrogens is 1. The van der Waals surface area contributed by atoms with E-state index in [-0.39, 0.29) is 0 Å². The van der Waals surface area contributed by atoms with Gasteiger partial charge in [-0.25, -0.2) is 4.98 Å². The van der Waals surface area contributed by atoms with Gasteiger partial charge >= 0.3 is 0 Å². The zero-order chi connectivity index (χ0) is 14.0. The smallest absolute Gasteiger partial charge is 0.128 e. The molecule has 0 aliphatic heterocycles. The SMILES string of the molecule is CN(CC1(N(C)C)CCC1)c1ccc(Cl)c(CN)n1. The number of nitrogens with zero attached hydrogens (tertiary/aromatic N) is 3. The van der Waals surface area contributed by atoms with E-state index < -0.39 is 0 Å². The Morgan fingerprint density at radius 2 is 2.00 bits per heavy atom. The molecule has 19 heavy (non-hydrogen) atoms. The molecule has 0 aromatic carbocycles. The first-order valence-corrected chi connectivity index (χ1v) is 7.10. The van der Waals surface area contributed by atoms with Crippen molar-refractivity contribution in [2.45, 2.75) is 31.3 Å². The quantitative estimate of drug-likeness (QED) is 0.898. The van der Waals surface area contributed by atoms with Crippen molar-refractivity contribution in [3.8, 4) is 0 Å². The summed E-state index contributed by atoms with van der Waals surface area (Å²) in [6, 6.07) is 3.84. The molecular formula is C14H23ClN4. The van der Waals surface area contributed by atoms with Gasteiger partial charge in [-0.05, 0) is 45.5 Å². The van der Waals surface area contributed by atoms with Crippen LogP contribution in [-0.4, -0.2) is 43.1 Å². The van der Waals surface area contributed by atoms with Crippen LogP contribution >= 0.6 is 11.6 Å². The Bertz CT molecular complexity index is 443. The zero-order valence-corrected chi connectivity index (χ0v) is 12.7. The van der Waals surface area contributed by atoms with Crippen molar-refractivity contribution in [3.05, 3.63) is 22.8 Å². The molecule has 1 aromatic rings. The Hall–Kier alpha value is -0.840. The summed E-state index contributed by atoms with van der Waals surface area (Å²) in [4.78, 5) is 9.09. The van der Waals surface area contributed by atoms with Crippen LogP contribution in [0.4, 0.5) is 5.82 Å². The predicted molar refractivity (Wildman–Crippen MR) is 80.7 cm³/mol. The Balaban J connectivity index is 2.13. The predicted octanol–water partition coefficient (Wildman–Crippen LogP) is 2.11. The average molecular weight is 283 g/mol. The molecule has 0 amide bonds. The fourth-order valence-electron chi connectivity index (χ4n) is 2.68. The van der Waals surface area contributed by atoms with Crippen LogP contribution in [0, 0.1) is 0 Å². The number of rotatable bonds is 5. The van der Waals surface area contributed by atoms with Crippen LogP contribution in [0.1, 0.15) is 25.0 Å². The molecule has 1 saturated carbocycles. The summed E-state index contributed by atoms with van der Waals surface area (Å²) in [5.41, 5.74) is 6.71. The molecular weight excluding hydrogens is 260 g/mol. The van der Waals surface area contributed by atoms with Gasteiger partial charge in [-0.3, -0.25) is 0 Å². The summed E-state index contributed by atoms with van der Waals surface area (Å²) in [6.07, 6.45) is 3.82. The van der Waals surface area contributed by atoms with Crippen LogP contribution in [-0.2, 0) is 6.54 Å². The second-order valence-corrected chi connectivity index (χ2v) is 6.04. The van der Waals surface area contributed by atoms with E-state index in [2.05, 4.69) is 35.9 Å². The summed E-state index contributed by atoms with van der Waals surface area (Å²) in [5.74, 6) is 0.943. The van der Waals surface area contributed by atoms with Crippen molar-refractivity contribution < 1.29 is 0 Å². The van der Waals surface area contributed by atoms with Gasteiger partial charge in [-0.15, -0.1) is 0 Å². The second-order valence-electron chi connectivity index (χ2n) is 5.63. The second kappa shape index (κ2) is 5.65. The van der Waals surface area contributed by atoms with Crippen LogP contribution in [0.2, 0.25) is 5.02 Å². The monoisotopic (exact) mass is 282 g/mol. The first-order valence-electron chi connectivity index (χ1n) is 6.72. The van der Waals surface area contributed by atoms with Crippen molar-refractivity contribution in [2.24, 2.45) is 5.73 Å². The normalized spacial score (nSPS) is 17.4. The minimum Gasteiger partial charge on any atom is -0.358 e. The molecule has 2 rings (SSSR count). The number of hydrogen-bond acceptors (Lipinski definition) is 4. The van der Waals surface area contributed by atoms with E-state index in [0.717, 1.165) is 18.1 Å². The molecule has 106 valence electrons. The van der Waals surface area contributed by atoms with Gasteiger partial charge in [0.2, 0.25) is 0 Å². The Morgan fingerprint density at radius 1 is 1.32 bits per heavy atom. The molecule has 0 spiro atoms. The summed E-state index contributed by atoms with van der Waals surface area (Å²) in [6.45, 7) is 1.36. The highest BCUT2D eigenvalue weighted by molar-refractivity contribution is 6.31. The number of pyridine rings is 1. The number of nitrogens with two attached hydrogens (primary N) is 1. The van der Waals surface area contributed by atoms with E-state index >= 15 is 0 Å². The summed E-state index contributed by atoms with van der Waals surface area (Å²) < 4.78 is 0.